The highest BCUT2D eigenvalue weighted by Crippen LogP contribution is 2.33. The zero-order valence-corrected chi connectivity index (χ0v) is 14.1. The van der Waals surface area contributed by atoms with Crippen LogP contribution in [0.3, 0.4) is 0 Å². The van der Waals surface area contributed by atoms with Crippen molar-refractivity contribution in [2.45, 2.75) is 44.6 Å². The first-order valence-electron chi connectivity index (χ1n) is 8.87. The molecule has 1 heterocycles. The average molecular weight is 316 g/mol. The summed E-state index contributed by atoms with van der Waals surface area (Å²) in [4.78, 5) is 15.1. The van der Waals surface area contributed by atoms with E-state index in [2.05, 4.69) is 10.2 Å². The number of aryl methyl sites for hydroxylation is 1. The third-order valence-electron chi connectivity index (χ3n) is 5.32. The van der Waals surface area contributed by atoms with Crippen LogP contribution in [0.4, 0.5) is 0 Å². The lowest BCUT2D eigenvalue weighted by molar-refractivity contribution is -0.0361. The zero-order chi connectivity index (χ0) is 16.1. The molecule has 1 aromatic carbocycles. The predicted molar refractivity (Wildman–Crippen MR) is 91.7 cm³/mol. The highest BCUT2D eigenvalue weighted by molar-refractivity contribution is 5.94. The van der Waals surface area contributed by atoms with E-state index >= 15 is 0 Å². The molecule has 0 radical (unpaired) electrons. The van der Waals surface area contributed by atoms with Gasteiger partial charge >= 0.3 is 0 Å². The summed E-state index contributed by atoms with van der Waals surface area (Å²) >= 11 is 0. The van der Waals surface area contributed by atoms with Crippen LogP contribution < -0.4 is 5.32 Å². The number of nitrogens with zero attached hydrogens (tertiary/aromatic N) is 1. The fourth-order valence-electron chi connectivity index (χ4n) is 3.99. The molecular formula is C19H28N2O2. The maximum Gasteiger partial charge on any atom is 0.251 e. The molecule has 1 N–H and O–H groups in total. The first kappa shape index (κ1) is 16.5. The molecule has 1 saturated carbocycles. The number of amides is 1. The number of rotatable bonds is 4. The summed E-state index contributed by atoms with van der Waals surface area (Å²) in [6.45, 7) is 6.37. The molecule has 1 aliphatic heterocycles. The molecule has 0 bridgehead atoms. The van der Waals surface area contributed by atoms with Crippen LogP contribution in [0.25, 0.3) is 0 Å². The summed E-state index contributed by atoms with van der Waals surface area (Å²) < 4.78 is 5.51. The van der Waals surface area contributed by atoms with Gasteiger partial charge in [0.2, 0.25) is 0 Å². The second-order valence-electron chi connectivity index (χ2n) is 6.94. The Hall–Kier alpha value is -1.39. The van der Waals surface area contributed by atoms with Gasteiger partial charge in [0, 0.05) is 30.7 Å². The van der Waals surface area contributed by atoms with E-state index in [-0.39, 0.29) is 11.4 Å². The van der Waals surface area contributed by atoms with E-state index in [1.54, 1.807) is 0 Å². The fraction of sp³-hybridized carbons (Fsp3) is 0.632. The lowest BCUT2D eigenvalue weighted by Crippen LogP contribution is -2.59. The largest absolute Gasteiger partial charge is 0.379 e. The Labute approximate surface area is 139 Å². The molecule has 1 aliphatic carbocycles. The number of hydrogen-bond acceptors (Lipinski definition) is 3. The molecule has 1 saturated heterocycles. The second-order valence-corrected chi connectivity index (χ2v) is 6.94. The average Bonchev–Trinajstić information content (AvgIpc) is 2.61. The summed E-state index contributed by atoms with van der Waals surface area (Å²) in [7, 11) is 0. The van der Waals surface area contributed by atoms with Gasteiger partial charge in [-0.2, -0.15) is 0 Å². The number of ether oxygens (including phenoxy) is 1. The lowest BCUT2D eigenvalue weighted by atomic mass is 9.79. The molecule has 23 heavy (non-hydrogen) atoms. The molecule has 0 atom stereocenters. The Bertz CT molecular complexity index is 532. The minimum Gasteiger partial charge on any atom is -0.379 e. The summed E-state index contributed by atoms with van der Waals surface area (Å²) in [6.07, 6.45) is 6.20. The monoisotopic (exact) mass is 316 g/mol. The van der Waals surface area contributed by atoms with E-state index in [4.69, 9.17) is 4.74 Å². The van der Waals surface area contributed by atoms with Crippen LogP contribution in [0, 0.1) is 6.92 Å². The maximum atomic E-state index is 12.5. The topological polar surface area (TPSA) is 41.6 Å². The molecule has 1 aromatic rings. The van der Waals surface area contributed by atoms with Gasteiger partial charge in [-0.1, -0.05) is 37.0 Å². The third-order valence-corrected chi connectivity index (χ3v) is 5.32. The third kappa shape index (κ3) is 3.93. The molecular weight excluding hydrogens is 288 g/mol. The van der Waals surface area contributed by atoms with E-state index in [9.17, 15) is 4.79 Å². The molecule has 4 heteroatoms. The lowest BCUT2D eigenvalue weighted by Gasteiger charge is -2.48. The minimum atomic E-state index is 0.0481. The van der Waals surface area contributed by atoms with Crippen molar-refractivity contribution in [1.82, 2.24) is 10.2 Å². The first-order valence-corrected chi connectivity index (χ1v) is 8.87. The highest BCUT2D eigenvalue weighted by atomic mass is 16.5. The number of hydrogen-bond donors (Lipinski definition) is 1. The molecule has 0 aromatic heterocycles. The van der Waals surface area contributed by atoms with Crippen molar-refractivity contribution in [2.24, 2.45) is 0 Å². The standard InChI is InChI=1S/C19H28N2O2/c1-16-6-5-7-17(14-16)18(22)20-15-19(8-3-2-4-9-19)21-10-12-23-13-11-21/h5-7,14H,2-4,8-13,15H2,1H3,(H,20,22). The highest BCUT2D eigenvalue weighted by Gasteiger charge is 2.38. The van der Waals surface area contributed by atoms with Gasteiger partial charge < -0.3 is 10.1 Å². The quantitative estimate of drug-likeness (QED) is 0.929. The smallest absolute Gasteiger partial charge is 0.251 e. The normalized spacial score (nSPS) is 21.8. The molecule has 126 valence electrons. The van der Waals surface area contributed by atoms with E-state index in [0.29, 0.717) is 0 Å². The van der Waals surface area contributed by atoms with Crippen LogP contribution in [0.5, 0.6) is 0 Å². The molecule has 2 fully saturated rings. The van der Waals surface area contributed by atoms with E-state index in [1.807, 2.05) is 31.2 Å². The number of nitrogens with one attached hydrogen (secondary N) is 1. The molecule has 0 unspecified atom stereocenters. The van der Waals surface area contributed by atoms with Crippen LogP contribution in [-0.2, 0) is 4.74 Å². The Kier molecular flexibility index (Phi) is 5.34. The number of morpholine rings is 1. The van der Waals surface area contributed by atoms with Gasteiger partial charge in [-0.3, -0.25) is 9.69 Å². The van der Waals surface area contributed by atoms with Crippen LogP contribution in [0.15, 0.2) is 24.3 Å². The Morgan fingerprint density at radius 1 is 1.22 bits per heavy atom. The van der Waals surface area contributed by atoms with Gasteiger partial charge in [-0.25, -0.2) is 0 Å². The van der Waals surface area contributed by atoms with Crippen LogP contribution in [0.2, 0.25) is 0 Å². The van der Waals surface area contributed by atoms with Crippen LogP contribution in [-0.4, -0.2) is 49.2 Å². The molecule has 1 amide bonds. The van der Waals surface area contributed by atoms with Gasteiger partial charge in [-0.15, -0.1) is 0 Å². The molecule has 3 rings (SSSR count). The zero-order valence-electron chi connectivity index (χ0n) is 14.1. The fourth-order valence-corrected chi connectivity index (χ4v) is 3.99. The van der Waals surface area contributed by atoms with Crippen molar-refractivity contribution < 1.29 is 9.53 Å². The van der Waals surface area contributed by atoms with Crippen molar-refractivity contribution in [3.63, 3.8) is 0 Å². The van der Waals surface area contributed by atoms with Crippen molar-refractivity contribution in [1.29, 1.82) is 0 Å². The number of benzene rings is 1. The summed E-state index contributed by atoms with van der Waals surface area (Å²) in [5.74, 6) is 0.0481. The molecule has 4 nitrogen and oxygen atoms in total. The van der Waals surface area contributed by atoms with Gasteiger partial charge in [-0.05, 0) is 31.9 Å². The maximum absolute atomic E-state index is 12.5. The van der Waals surface area contributed by atoms with Crippen molar-refractivity contribution in [2.75, 3.05) is 32.8 Å². The van der Waals surface area contributed by atoms with Crippen molar-refractivity contribution >= 4 is 5.91 Å². The van der Waals surface area contributed by atoms with Gasteiger partial charge in [0.25, 0.3) is 5.91 Å². The van der Waals surface area contributed by atoms with E-state index in [0.717, 1.165) is 44.0 Å². The predicted octanol–water partition coefficient (Wildman–Crippen LogP) is 2.76. The Balaban J connectivity index is 1.67. The van der Waals surface area contributed by atoms with Crippen molar-refractivity contribution in [3.8, 4) is 0 Å². The first-order chi connectivity index (χ1) is 11.2. The summed E-state index contributed by atoms with van der Waals surface area (Å²) in [5.41, 5.74) is 2.01. The SMILES string of the molecule is Cc1cccc(C(=O)NCC2(N3CCOCC3)CCCCC2)c1. The second kappa shape index (κ2) is 7.45. The van der Waals surface area contributed by atoms with Crippen molar-refractivity contribution in [3.05, 3.63) is 35.4 Å². The molecule has 0 spiro atoms. The Morgan fingerprint density at radius 3 is 2.65 bits per heavy atom. The minimum absolute atomic E-state index is 0.0481. The van der Waals surface area contributed by atoms with Crippen LogP contribution in [0.1, 0.15) is 48.0 Å². The summed E-state index contributed by atoms with van der Waals surface area (Å²) in [6, 6.07) is 7.82. The van der Waals surface area contributed by atoms with Gasteiger partial charge in [0.05, 0.1) is 13.2 Å². The van der Waals surface area contributed by atoms with Crippen LogP contribution >= 0.6 is 0 Å². The number of carbonyl (C=O) groups excluding carboxylic acids is 1. The molecule has 2 aliphatic rings. The summed E-state index contributed by atoms with van der Waals surface area (Å²) in [5, 5.41) is 3.21. The van der Waals surface area contributed by atoms with Gasteiger partial charge in [0.15, 0.2) is 0 Å². The van der Waals surface area contributed by atoms with Gasteiger partial charge in [0.1, 0.15) is 0 Å². The number of carbonyl (C=O) groups is 1. The van der Waals surface area contributed by atoms with E-state index in [1.165, 1.54) is 32.1 Å². The van der Waals surface area contributed by atoms with E-state index < -0.39 is 0 Å². The Morgan fingerprint density at radius 2 is 1.96 bits per heavy atom.